The SMILES string of the molecule is CC(=O)[C@H]1C[C@@H]2CCCC[C@@H]2[C@H]2[C@@H]1[C@@]1(C)CCC[C@H]1[C@@H](C)C[C@@]2(C)O. The first-order chi connectivity index (χ1) is 11.8. The van der Waals surface area contributed by atoms with Crippen LogP contribution in [0, 0.1) is 46.8 Å². The van der Waals surface area contributed by atoms with Gasteiger partial charge in [-0.1, -0.05) is 39.5 Å². The van der Waals surface area contributed by atoms with Crippen molar-refractivity contribution < 1.29 is 9.90 Å². The van der Waals surface area contributed by atoms with E-state index in [1.54, 1.807) is 0 Å². The number of Topliss-reactive ketones (excluding diaryl/α,β-unsaturated/α-hetero) is 1. The Morgan fingerprint density at radius 1 is 1.04 bits per heavy atom. The number of aliphatic hydroxyl groups is 1. The number of carbonyl (C=O) groups is 1. The summed E-state index contributed by atoms with van der Waals surface area (Å²) >= 11 is 0. The van der Waals surface area contributed by atoms with E-state index in [1.165, 1.54) is 44.9 Å². The van der Waals surface area contributed by atoms with Gasteiger partial charge in [-0.25, -0.2) is 0 Å². The number of rotatable bonds is 1. The van der Waals surface area contributed by atoms with Gasteiger partial charge in [-0.2, -0.15) is 0 Å². The highest BCUT2D eigenvalue weighted by Crippen LogP contribution is 2.66. The van der Waals surface area contributed by atoms with Gasteiger partial charge < -0.3 is 5.11 Å². The van der Waals surface area contributed by atoms with E-state index in [0.29, 0.717) is 41.3 Å². The topological polar surface area (TPSA) is 37.3 Å². The number of hydrogen-bond donors (Lipinski definition) is 1. The number of carbonyl (C=O) groups excluding carboxylic acids is 1. The van der Waals surface area contributed by atoms with Crippen molar-refractivity contribution >= 4 is 5.78 Å². The van der Waals surface area contributed by atoms with Crippen LogP contribution in [0.25, 0.3) is 0 Å². The minimum absolute atomic E-state index is 0.187. The van der Waals surface area contributed by atoms with Gasteiger partial charge in [0.2, 0.25) is 0 Å². The van der Waals surface area contributed by atoms with Gasteiger partial charge in [-0.15, -0.1) is 0 Å². The molecule has 0 aromatic rings. The fourth-order valence-electron chi connectivity index (χ4n) is 8.62. The van der Waals surface area contributed by atoms with E-state index in [-0.39, 0.29) is 11.3 Å². The van der Waals surface area contributed by atoms with Gasteiger partial charge in [0.1, 0.15) is 5.78 Å². The van der Waals surface area contributed by atoms with Crippen molar-refractivity contribution in [2.45, 2.75) is 91.1 Å². The normalized spacial score (nSPS) is 55.6. The fourth-order valence-corrected chi connectivity index (χ4v) is 8.62. The molecule has 4 saturated carbocycles. The molecular formula is C23H38O2. The Hall–Kier alpha value is -0.370. The van der Waals surface area contributed by atoms with Crippen molar-refractivity contribution in [3.05, 3.63) is 0 Å². The number of ketones is 1. The van der Waals surface area contributed by atoms with Gasteiger partial charge in [-0.05, 0) is 86.9 Å². The second-order valence-electron chi connectivity index (χ2n) is 10.8. The summed E-state index contributed by atoms with van der Waals surface area (Å²) in [6.07, 6.45) is 11.1. The third-order valence-electron chi connectivity index (χ3n) is 9.31. The van der Waals surface area contributed by atoms with E-state index in [1.807, 2.05) is 6.92 Å². The molecule has 0 aromatic heterocycles. The summed E-state index contributed by atoms with van der Waals surface area (Å²) in [5.74, 6) is 3.90. The lowest BCUT2D eigenvalue weighted by atomic mass is 9.48. The lowest BCUT2D eigenvalue weighted by Crippen LogP contribution is -2.56. The monoisotopic (exact) mass is 346 g/mol. The molecule has 2 nitrogen and oxygen atoms in total. The highest BCUT2D eigenvalue weighted by atomic mass is 16.3. The van der Waals surface area contributed by atoms with Crippen molar-refractivity contribution in [3.63, 3.8) is 0 Å². The Kier molecular flexibility index (Phi) is 4.38. The maximum absolute atomic E-state index is 12.8. The van der Waals surface area contributed by atoms with Crippen LogP contribution in [-0.4, -0.2) is 16.5 Å². The van der Waals surface area contributed by atoms with Crippen LogP contribution in [-0.2, 0) is 4.79 Å². The van der Waals surface area contributed by atoms with Crippen LogP contribution < -0.4 is 0 Å². The molecule has 4 rings (SSSR count). The van der Waals surface area contributed by atoms with Gasteiger partial charge in [0.25, 0.3) is 0 Å². The summed E-state index contributed by atoms with van der Waals surface area (Å²) < 4.78 is 0. The molecule has 0 radical (unpaired) electrons. The predicted molar refractivity (Wildman–Crippen MR) is 101 cm³/mol. The van der Waals surface area contributed by atoms with Crippen LogP contribution in [0.5, 0.6) is 0 Å². The molecule has 0 bridgehead atoms. The molecule has 9 atom stereocenters. The standard InChI is InChI=1S/C23H38O2/c1-14-13-23(4,25)21-17-9-6-5-8-16(17)12-18(15(2)24)20(21)22(3)11-7-10-19(14)22/h14,16-21,25H,5-13H2,1-4H3/t14-,16-,17-,18+,19-,20+,21-,22-,23+/m0/s1. The largest absolute Gasteiger partial charge is 0.390 e. The van der Waals surface area contributed by atoms with Crippen molar-refractivity contribution in [2.24, 2.45) is 46.8 Å². The molecule has 0 heterocycles. The first-order valence-corrected chi connectivity index (χ1v) is 11.0. The van der Waals surface area contributed by atoms with Crippen LogP contribution in [0.2, 0.25) is 0 Å². The average molecular weight is 347 g/mol. The molecule has 0 saturated heterocycles. The predicted octanol–water partition coefficient (Wildman–Crippen LogP) is 5.23. The first kappa shape index (κ1) is 18.0. The maximum atomic E-state index is 12.8. The van der Waals surface area contributed by atoms with Crippen molar-refractivity contribution in [1.29, 1.82) is 0 Å². The van der Waals surface area contributed by atoms with Crippen molar-refractivity contribution in [2.75, 3.05) is 0 Å². The summed E-state index contributed by atoms with van der Waals surface area (Å²) in [7, 11) is 0. The maximum Gasteiger partial charge on any atom is 0.133 e. The molecule has 4 aliphatic rings. The lowest BCUT2D eigenvalue weighted by Gasteiger charge is -2.57. The smallest absolute Gasteiger partial charge is 0.133 e. The molecule has 0 aromatic carbocycles. The molecular weight excluding hydrogens is 308 g/mol. The second kappa shape index (κ2) is 6.08. The first-order valence-electron chi connectivity index (χ1n) is 11.0. The number of hydrogen-bond acceptors (Lipinski definition) is 2. The van der Waals surface area contributed by atoms with Gasteiger partial charge in [0.05, 0.1) is 5.60 Å². The Morgan fingerprint density at radius 2 is 1.76 bits per heavy atom. The van der Waals surface area contributed by atoms with Crippen LogP contribution in [0.1, 0.15) is 85.5 Å². The van der Waals surface area contributed by atoms with E-state index >= 15 is 0 Å². The van der Waals surface area contributed by atoms with Crippen LogP contribution in [0.4, 0.5) is 0 Å². The van der Waals surface area contributed by atoms with Gasteiger partial charge in [-0.3, -0.25) is 4.79 Å². The molecule has 0 aliphatic heterocycles. The summed E-state index contributed by atoms with van der Waals surface area (Å²) in [5, 5.41) is 11.7. The van der Waals surface area contributed by atoms with Crippen molar-refractivity contribution in [1.82, 2.24) is 0 Å². The van der Waals surface area contributed by atoms with Gasteiger partial charge in [0.15, 0.2) is 0 Å². The Bertz CT molecular complexity index is 538. The summed E-state index contributed by atoms with van der Waals surface area (Å²) in [4.78, 5) is 12.8. The third kappa shape index (κ3) is 2.65. The Morgan fingerprint density at radius 3 is 2.48 bits per heavy atom. The molecule has 0 amide bonds. The quantitative estimate of drug-likeness (QED) is 0.706. The average Bonchev–Trinajstić information content (AvgIpc) is 2.92. The third-order valence-corrected chi connectivity index (χ3v) is 9.31. The van der Waals surface area contributed by atoms with E-state index < -0.39 is 5.60 Å². The summed E-state index contributed by atoms with van der Waals surface area (Å²) in [6, 6.07) is 0. The Labute approximate surface area is 154 Å². The van der Waals surface area contributed by atoms with E-state index in [9.17, 15) is 9.90 Å². The van der Waals surface area contributed by atoms with E-state index in [2.05, 4.69) is 20.8 Å². The van der Waals surface area contributed by atoms with Crippen LogP contribution >= 0.6 is 0 Å². The summed E-state index contributed by atoms with van der Waals surface area (Å²) in [6.45, 7) is 8.83. The zero-order chi connectivity index (χ0) is 18.0. The van der Waals surface area contributed by atoms with E-state index in [0.717, 1.165) is 12.8 Å². The molecule has 25 heavy (non-hydrogen) atoms. The minimum Gasteiger partial charge on any atom is -0.390 e. The van der Waals surface area contributed by atoms with Gasteiger partial charge >= 0.3 is 0 Å². The van der Waals surface area contributed by atoms with Gasteiger partial charge in [0, 0.05) is 5.92 Å². The molecule has 4 fully saturated rings. The highest BCUT2D eigenvalue weighted by molar-refractivity contribution is 5.79. The number of fused-ring (bicyclic) bond motifs is 5. The molecule has 0 spiro atoms. The molecule has 4 aliphatic carbocycles. The zero-order valence-electron chi connectivity index (χ0n) is 16.8. The minimum atomic E-state index is -0.605. The summed E-state index contributed by atoms with van der Waals surface area (Å²) in [5.41, 5.74) is -0.352. The highest BCUT2D eigenvalue weighted by Gasteiger charge is 2.63. The molecule has 142 valence electrons. The van der Waals surface area contributed by atoms with Crippen LogP contribution in [0.3, 0.4) is 0 Å². The fraction of sp³-hybridized carbons (Fsp3) is 0.957. The Balaban J connectivity index is 1.85. The van der Waals surface area contributed by atoms with Crippen LogP contribution in [0.15, 0.2) is 0 Å². The second-order valence-corrected chi connectivity index (χ2v) is 10.8. The lowest BCUT2D eigenvalue weighted by molar-refractivity contribution is -0.155. The van der Waals surface area contributed by atoms with Crippen molar-refractivity contribution in [3.8, 4) is 0 Å². The zero-order valence-corrected chi connectivity index (χ0v) is 16.8. The molecule has 2 heteroatoms. The van der Waals surface area contributed by atoms with E-state index in [4.69, 9.17) is 0 Å². The molecule has 1 N–H and O–H groups in total. The molecule has 0 unspecified atom stereocenters.